The lowest BCUT2D eigenvalue weighted by molar-refractivity contribution is -0.139. The summed E-state index contributed by atoms with van der Waals surface area (Å²) in [5, 5.41) is 5.82. The van der Waals surface area contributed by atoms with Gasteiger partial charge in [-0.3, -0.25) is 14.4 Å². The highest BCUT2D eigenvalue weighted by molar-refractivity contribution is 5.92. The highest BCUT2D eigenvalue weighted by Crippen LogP contribution is 2.22. The number of fused-ring (bicyclic) bond motifs is 1. The lowest BCUT2D eigenvalue weighted by Crippen LogP contribution is -2.52. The Balaban J connectivity index is 1.46. The normalized spacial score (nSPS) is 17.1. The van der Waals surface area contributed by atoms with Gasteiger partial charge >= 0.3 is 0 Å². The van der Waals surface area contributed by atoms with E-state index in [0.29, 0.717) is 18.8 Å². The number of carbonyl (C=O) groups is 3. The zero-order chi connectivity index (χ0) is 27.1. The molecule has 2 heterocycles. The summed E-state index contributed by atoms with van der Waals surface area (Å²) < 4.78 is 0. The molecule has 3 aromatic rings. The number of H-pyrrole nitrogens is 1. The van der Waals surface area contributed by atoms with E-state index in [2.05, 4.69) is 27.5 Å². The van der Waals surface area contributed by atoms with Gasteiger partial charge in [-0.1, -0.05) is 49.4 Å². The maximum absolute atomic E-state index is 13.4. The van der Waals surface area contributed by atoms with E-state index < -0.39 is 12.1 Å². The highest BCUT2D eigenvalue weighted by atomic mass is 16.2. The van der Waals surface area contributed by atoms with E-state index in [9.17, 15) is 14.4 Å². The summed E-state index contributed by atoms with van der Waals surface area (Å²) in [4.78, 5) is 49.5. The molecule has 202 valence electrons. The number of aromatic nitrogens is 2. The van der Waals surface area contributed by atoms with E-state index in [1.807, 2.05) is 67.3 Å². The Morgan fingerprint density at radius 3 is 2.61 bits per heavy atom. The van der Waals surface area contributed by atoms with Crippen molar-refractivity contribution in [2.24, 2.45) is 0 Å². The van der Waals surface area contributed by atoms with Crippen molar-refractivity contribution < 1.29 is 14.4 Å². The van der Waals surface area contributed by atoms with Gasteiger partial charge in [0.1, 0.15) is 11.9 Å². The van der Waals surface area contributed by atoms with Gasteiger partial charge in [0.05, 0.1) is 23.5 Å². The molecule has 3 amide bonds. The molecule has 0 aliphatic carbocycles. The van der Waals surface area contributed by atoms with Crippen LogP contribution in [0.5, 0.6) is 0 Å². The average molecular weight is 518 g/mol. The first-order valence-electron chi connectivity index (χ1n) is 13.7. The van der Waals surface area contributed by atoms with Crippen molar-refractivity contribution in [1.82, 2.24) is 25.5 Å². The van der Waals surface area contributed by atoms with Crippen molar-refractivity contribution in [1.29, 1.82) is 0 Å². The predicted molar refractivity (Wildman–Crippen MR) is 148 cm³/mol. The number of piperidine rings is 1. The van der Waals surface area contributed by atoms with Crippen molar-refractivity contribution in [3.05, 3.63) is 65.5 Å². The van der Waals surface area contributed by atoms with Crippen LogP contribution in [0, 0.1) is 6.92 Å². The van der Waals surface area contributed by atoms with E-state index in [4.69, 9.17) is 0 Å². The summed E-state index contributed by atoms with van der Waals surface area (Å²) >= 11 is 0. The van der Waals surface area contributed by atoms with Crippen molar-refractivity contribution in [3.8, 4) is 0 Å². The van der Waals surface area contributed by atoms with Crippen LogP contribution in [0.3, 0.4) is 0 Å². The minimum Gasteiger partial charge on any atom is -0.345 e. The maximum Gasteiger partial charge on any atom is 0.243 e. The van der Waals surface area contributed by atoms with Crippen molar-refractivity contribution in [3.63, 3.8) is 0 Å². The fourth-order valence-corrected chi connectivity index (χ4v) is 5.21. The Hall–Kier alpha value is -3.68. The number of nitrogens with zero attached hydrogens (tertiary/aromatic N) is 2. The summed E-state index contributed by atoms with van der Waals surface area (Å²) in [6.45, 7) is 6.62. The fourth-order valence-electron chi connectivity index (χ4n) is 5.21. The van der Waals surface area contributed by atoms with Crippen LogP contribution in [-0.2, 0) is 20.8 Å². The first-order chi connectivity index (χ1) is 18.4. The number of para-hydroxylation sites is 1. The lowest BCUT2D eigenvalue weighted by Gasteiger charge is -2.36. The SMILES string of the molecule is CC[C@H]1CCCCN1C(=O)C[C@H](NC(=O)CCc1ccccc1)C(=O)N[C@@H](C)c1nc2c(C)cccc2[nH]1. The summed E-state index contributed by atoms with van der Waals surface area (Å²) in [6.07, 6.45) is 4.67. The standard InChI is InChI=1S/C30H39N5O3/c1-4-23-14-8-9-18-35(23)27(37)19-25(32-26(36)17-16-22-12-6-5-7-13-22)30(38)31-21(3)29-33-24-15-10-11-20(2)28(24)34-29/h5-7,10-13,15,21,23,25H,4,8-9,14,16-19H2,1-3H3,(H,31,38)(H,32,36)(H,33,34)/t21-,23-,25-/m0/s1. The fraction of sp³-hybridized carbons (Fsp3) is 0.467. The van der Waals surface area contributed by atoms with Crippen molar-refractivity contribution in [2.75, 3.05) is 6.54 Å². The number of rotatable bonds is 10. The number of likely N-dealkylation sites (tertiary alicyclic amines) is 1. The third-order valence-electron chi connectivity index (χ3n) is 7.43. The minimum atomic E-state index is -0.959. The van der Waals surface area contributed by atoms with Crippen LogP contribution in [-0.4, -0.2) is 51.2 Å². The van der Waals surface area contributed by atoms with E-state index in [1.165, 1.54) is 0 Å². The predicted octanol–water partition coefficient (Wildman–Crippen LogP) is 4.35. The summed E-state index contributed by atoms with van der Waals surface area (Å²) in [6, 6.07) is 14.5. The Morgan fingerprint density at radius 1 is 1.08 bits per heavy atom. The zero-order valence-electron chi connectivity index (χ0n) is 22.6. The quantitative estimate of drug-likeness (QED) is 0.372. The lowest BCUT2D eigenvalue weighted by atomic mass is 9.98. The van der Waals surface area contributed by atoms with Gasteiger partial charge in [0, 0.05) is 19.0 Å². The molecular formula is C30H39N5O3. The van der Waals surface area contributed by atoms with Crippen molar-refractivity contribution in [2.45, 2.75) is 83.8 Å². The second kappa shape index (κ2) is 12.7. The molecular weight excluding hydrogens is 478 g/mol. The van der Waals surface area contributed by atoms with E-state index in [1.54, 1.807) is 0 Å². The summed E-state index contributed by atoms with van der Waals surface area (Å²) in [5.41, 5.74) is 3.86. The van der Waals surface area contributed by atoms with Crippen LogP contribution in [0.4, 0.5) is 0 Å². The van der Waals surface area contributed by atoms with Gasteiger partial charge in [-0.15, -0.1) is 0 Å². The Bertz CT molecular complexity index is 1260. The number of hydrogen-bond acceptors (Lipinski definition) is 4. The number of nitrogens with one attached hydrogen (secondary N) is 3. The number of carbonyl (C=O) groups excluding carboxylic acids is 3. The molecule has 3 N–H and O–H groups in total. The van der Waals surface area contributed by atoms with Gasteiger partial charge in [-0.25, -0.2) is 4.98 Å². The van der Waals surface area contributed by atoms with Gasteiger partial charge in [0.25, 0.3) is 0 Å². The molecule has 8 heteroatoms. The molecule has 38 heavy (non-hydrogen) atoms. The first-order valence-corrected chi connectivity index (χ1v) is 13.7. The highest BCUT2D eigenvalue weighted by Gasteiger charge is 2.31. The summed E-state index contributed by atoms with van der Waals surface area (Å²) in [7, 11) is 0. The van der Waals surface area contributed by atoms with Crippen molar-refractivity contribution >= 4 is 28.8 Å². The molecule has 3 atom stereocenters. The van der Waals surface area contributed by atoms with E-state index in [-0.39, 0.29) is 36.6 Å². The number of benzene rings is 2. The Labute approximate surface area is 224 Å². The third-order valence-corrected chi connectivity index (χ3v) is 7.43. The molecule has 4 rings (SSSR count). The number of aromatic amines is 1. The topological polar surface area (TPSA) is 107 Å². The number of hydrogen-bond donors (Lipinski definition) is 3. The first kappa shape index (κ1) is 27.4. The van der Waals surface area contributed by atoms with Gasteiger partial charge < -0.3 is 20.5 Å². The van der Waals surface area contributed by atoms with Crippen LogP contribution in [0.25, 0.3) is 11.0 Å². The molecule has 2 aromatic carbocycles. The monoisotopic (exact) mass is 517 g/mol. The maximum atomic E-state index is 13.4. The molecule has 0 unspecified atom stereocenters. The van der Waals surface area contributed by atoms with E-state index in [0.717, 1.165) is 47.8 Å². The molecule has 1 fully saturated rings. The number of aryl methyl sites for hydroxylation is 2. The molecule has 1 aromatic heterocycles. The largest absolute Gasteiger partial charge is 0.345 e. The average Bonchev–Trinajstić information content (AvgIpc) is 3.38. The molecule has 1 saturated heterocycles. The van der Waals surface area contributed by atoms with E-state index >= 15 is 0 Å². The molecule has 0 radical (unpaired) electrons. The van der Waals surface area contributed by atoms with Crippen LogP contribution in [0.15, 0.2) is 48.5 Å². The van der Waals surface area contributed by atoms with Crippen LogP contribution in [0.2, 0.25) is 0 Å². The minimum absolute atomic E-state index is 0.0641. The van der Waals surface area contributed by atoms with Gasteiger partial charge in [-0.2, -0.15) is 0 Å². The van der Waals surface area contributed by atoms with Gasteiger partial charge in [0.2, 0.25) is 17.7 Å². The molecule has 0 bridgehead atoms. The van der Waals surface area contributed by atoms with Crippen LogP contribution < -0.4 is 10.6 Å². The number of imidazole rings is 1. The molecule has 8 nitrogen and oxygen atoms in total. The smallest absolute Gasteiger partial charge is 0.243 e. The number of amides is 3. The molecule has 1 aliphatic rings. The molecule has 0 saturated carbocycles. The Morgan fingerprint density at radius 2 is 1.87 bits per heavy atom. The second-order valence-corrected chi connectivity index (χ2v) is 10.3. The summed E-state index contributed by atoms with van der Waals surface area (Å²) in [5.74, 6) is -0.0991. The third kappa shape index (κ3) is 6.79. The molecule has 0 spiro atoms. The van der Waals surface area contributed by atoms with Gasteiger partial charge in [0.15, 0.2) is 0 Å². The Kier molecular flexibility index (Phi) is 9.15. The zero-order valence-corrected chi connectivity index (χ0v) is 22.6. The van der Waals surface area contributed by atoms with Crippen LogP contribution >= 0.6 is 0 Å². The second-order valence-electron chi connectivity index (χ2n) is 10.3. The van der Waals surface area contributed by atoms with Gasteiger partial charge in [-0.05, 0) is 63.1 Å². The molecule has 1 aliphatic heterocycles. The van der Waals surface area contributed by atoms with Crippen LogP contribution in [0.1, 0.15) is 75.4 Å².